The normalized spacial score (nSPS) is 19.9. The molecule has 15 heteroatoms. The van der Waals surface area contributed by atoms with Crippen LogP contribution in [-0.2, 0) is 31.0 Å². The number of benzene rings is 2. The Balaban J connectivity index is 1.34. The van der Waals surface area contributed by atoms with Gasteiger partial charge in [-0.1, -0.05) is 30.7 Å². The van der Waals surface area contributed by atoms with E-state index in [1.807, 2.05) is 12.1 Å². The van der Waals surface area contributed by atoms with Gasteiger partial charge in [0.25, 0.3) is 5.89 Å². The Hall–Kier alpha value is -3.56. The number of carbonyl (C=O) groups is 3. The van der Waals surface area contributed by atoms with Crippen LogP contribution in [0.15, 0.2) is 46.9 Å². The monoisotopic (exact) mass is 717 g/mol. The highest BCUT2D eigenvalue weighted by molar-refractivity contribution is 7.88. The summed E-state index contributed by atoms with van der Waals surface area (Å²) in [4.78, 5) is 47.3. The van der Waals surface area contributed by atoms with Crippen LogP contribution in [0.3, 0.4) is 0 Å². The number of piperidine rings is 1. The molecule has 0 bridgehead atoms. The predicted octanol–water partition coefficient (Wildman–Crippen LogP) is 3.45. The van der Waals surface area contributed by atoms with Crippen LogP contribution in [0.2, 0.25) is 5.02 Å². The molecule has 3 N–H and O–H groups in total. The van der Waals surface area contributed by atoms with Gasteiger partial charge >= 0.3 is 0 Å². The maximum atomic E-state index is 14.2. The van der Waals surface area contributed by atoms with E-state index in [4.69, 9.17) is 25.5 Å². The molecule has 0 aliphatic carbocycles. The number of amides is 2. The Morgan fingerprint density at radius 1 is 1.12 bits per heavy atom. The summed E-state index contributed by atoms with van der Waals surface area (Å²) in [7, 11) is -2.24. The highest BCUT2D eigenvalue weighted by Gasteiger charge is 2.43. The molecule has 2 fully saturated rings. The van der Waals surface area contributed by atoms with Gasteiger partial charge in [0.05, 0.1) is 32.1 Å². The Morgan fingerprint density at radius 3 is 2.53 bits per heavy atom. The molecule has 13 nitrogen and oxygen atoms in total. The molecule has 49 heavy (non-hydrogen) atoms. The number of carbonyl (C=O) groups excluding carboxylic acids is 3. The number of nitrogens with zero attached hydrogens (tertiary/aromatic N) is 2. The molecule has 0 spiro atoms. The number of likely N-dealkylation sites (tertiary alicyclic amines) is 1. The van der Waals surface area contributed by atoms with Crippen molar-refractivity contribution in [3.8, 4) is 5.75 Å². The fourth-order valence-corrected chi connectivity index (χ4v) is 7.24. The molecule has 2 aliphatic heterocycles. The van der Waals surface area contributed by atoms with E-state index in [2.05, 4.69) is 20.3 Å². The first kappa shape index (κ1) is 36.7. The van der Waals surface area contributed by atoms with Crippen LogP contribution in [0.1, 0.15) is 61.7 Å². The second kappa shape index (κ2) is 16.4. The summed E-state index contributed by atoms with van der Waals surface area (Å²) < 4.78 is 44.4. The number of ether oxygens (including phenoxy) is 2. The average Bonchev–Trinajstić information content (AvgIpc) is 3.72. The van der Waals surface area contributed by atoms with E-state index in [9.17, 15) is 22.8 Å². The zero-order valence-corrected chi connectivity index (χ0v) is 29.5. The lowest BCUT2D eigenvalue weighted by molar-refractivity contribution is -0.140. The average molecular weight is 718 g/mol. The maximum absolute atomic E-state index is 14.2. The molecule has 2 saturated heterocycles. The first-order valence-corrected chi connectivity index (χ1v) is 18.8. The van der Waals surface area contributed by atoms with E-state index in [1.54, 1.807) is 37.3 Å². The molecular weight excluding hydrogens is 674 g/mol. The predicted molar refractivity (Wildman–Crippen MR) is 184 cm³/mol. The highest BCUT2D eigenvalue weighted by Crippen LogP contribution is 2.27. The number of hydrogen-bond acceptors (Lipinski definition) is 10. The minimum atomic E-state index is -3.75. The van der Waals surface area contributed by atoms with E-state index in [-0.39, 0.29) is 38.3 Å². The minimum absolute atomic E-state index is 0.0670. The topological polar surface area (TPSA) is 169 Å². The number of sulfonamides is 1. The van der Waals surface area contributed by atoms with E-state index in [0.717, 1.165) is 37.8 Å². The molecular formula is C34H44ClN5O8S. The lowest BCUT2D eigenvalue weighted by Gasteiger charge is -2.30. The molecule has 2 aromatic carbocycles. The molecule has 1 unspecified atom stereocenters. The Kier molecular flexibility index (Phi) is 12.3. The smallest absolute Gasteiger partial charge is 0.266 e. The Morgan fingerprint density at radius 2 is 1.86 bits per heavy atom. The number of methoxy groups -OCH3 is 1. The molecule has 0 radical (unpaired) electrons. The molecule has 1 aromatic heterocycles. The first-order chi connectivity index (χ1) is 23.4. The number of oxazole rings is 1. The summed E-state index contributed by atoms with van der Waals surface area (Å²) in [5.74, 6) is -0.841. The van der Waals surface area contributed by atoms with Crippen LogP contribution in [0.5, 0.6) is 5.75 Å². The van der Waals surface area contributed by atoms with E-state index < -0.39 is 51.9 Å². The van der Waals surface area contributed by atoms with Crippen LogP contribution >= 0.6 is 11.6 Å². The number of fused-ring (bicyclic) bond motifs is 1. The first-order valence-electron chi connectivity index (χ1n) is 16.6. The van der Waals surface area contributed by atoms with Crippen LogP contribution in [0.25, 0.3) is 11.1 Å². The third kappa shape index (κ3) is 9.79. The zero-order chi connectivity index (χ0) is 35.1. The number of Topliss-reactive ketones (excluding diaryl/α,β-unsaturated/α-hetero) is 1. The second-order valence-corrected chi connectivity index (χ2v) is 14.9. The van der Waals surface area contributed by atoms with Gasteiger partial charge in [0, 0.05) is 24.1 Å². The quantitative estimate of drug-likeness (QED) is 0.198. The summed E-state index contributed by atoms with van der Waals surface area (Å²) in [6, 6.07) is 9.10. The number of halogens is 1. The minimum Gasteiger partial charge on any atom is -0.497 e. The van der Waals surface area contributed by atoms with Crippen molar-refractivity contribution < 1.29 is 36.7 Å². The van der Waals surface area contributed by atoms with Crippen molar-refractivity contribution >= 4 is 50.3 Å². The van der Waals surface area contributed by atoms with Crippen LogP contribution in [0.4, 0.5) is 0 Å². The van der Waals surface area contributed by atoms with Crippen LogP contribution in [-0.4, -0.2) is 93.1 Å². The molecule has 3 aromatic rings. The summed E-state index contributed by atoms with van der Waals surface area (Å²) in [6.45, 7) is 3.78. The van der Waals surface area contributed by atoms with Gasteiger partial charge in [0.2, 0.25) is 27.6 Å². The molecule has 3 heterocycles. The van der Waals surface area contributed by atoms with Crippen molar-refractivity contribution in [1.29, 1.82) is 0 Å². The van der Waals surface area contributed by atoms with Gasteiger partial charge in [-0.2, -0.15) is 0 Å². The third-order valence-corrected chi connectivity index (χ3v) is 10.0. The molecule has 2 amide bonds. The van der Waals surface area contributed by atoms with Crippen LogP contribution in [0, 0.1) is 5.92 Å². The summed E-state index contributed by atoms with van der Waals surface area (Å²) >= 11 is 6.02. The SMILES string of the molecule is CC[C@H](NC(=O)C1C[C@@H](OCc2ccc(Cl)cc2)CN1C(=O)[C@@H](CCC1CCNCC1)NS(C)(=O)=O)C(=O)c1nc2ccc(OC)cc2o1. The second-order valence-electron chi connectivity index (χ2n) is 12.7. The molecule has 2 aliphatic rings. The summed E-state index contributed by atoms with van der Waals surface area (Å²) in [5, 5.41) is 6.71. The molecule has 4 atom stereocenters. The van der Waals surface area contributed by atoms with Gasteiger partial charge < -0.3 is 29.4 Å². The third-order valence-electron chi connectivity index (χ3n) is 9.07. The van der Waals surface area contributed by atoms with Crippen molar-refractivity contribution in [2.45, 2.75) is 76.3 Å². The number of aromatic nitrogens is 1. The molecule has 266 valence electrons. The summed E-state index contributed by atoms with van der Waals surface area (Å²) in [5.41, 5.74) is 1.69. The number of rotatable bonds is 15. The van der Waals surface area contributed by atoms with E-state index >= 15 is 0 Å². The molecule has 5 rings (SSSR count). The molecule has 0 saturated carbocycles. The lowest BCUT2D eigenvalue weighted by Crippen LogP contribution is -2.55. The Bertz CT molecular complexity index is 1730. The number of hydrogen-bond donors (Lipinski definition) is 3. The summed E-state index contributed by atoms with van der Waals surface area (Å²) in [6.07, 6.45) is 3.70. The van der Waals surface area contributed by atoms with Gasteiger partial charge in [0.1, 0.15) is 23.3 Å². The van der Waals surface area contributed by atoms with Gasteiger partial charge in [-0.15, -0.1) is 0 Å². The standard InChI is InChI=1S/C34H44ClN5O8S/c1-4-26(31(41)33-38-27-12-10-24(46-2)18-30(27)48-33)37-32(42)29-17-25(47-20-22-5-8-23(35)9-6-22)19-40(29)34(43)28(39-49(3,44)45)11-7-21-13-15-36-16-14-21/h5-6,8-10,12,18,21,25-26,28-29,36,39H,4,7,11,13-17,19-20H2,1-3H3,(H,37,42)/t25-,26+,28-,29?/m1/s1. The largest absolute Gasteiger partial charge is 0.497 e. The van der Waals surface area contributed by atoms with Gasteiger partial charge in [-0.3, -0.25) is 14.4 Å². The fraction of sp³-hybridized carbons (Fsp3) is 0.529. The highest BCUT2D eigenvalue weighted by atomic mass is 35.5. The lowest BCUT2D eigenvalue weighted by atomic mass is 9.91. The zero-order valence-electron chi connectivity index (χ0n) is 27.9. The van der Waals surface area contributed by atoms with Crippen LogP contribution < -0.4 is 20.1 Å². The number of ketones is 1. The van der Waals surface area contributed by atoms with E-state index in [1.165, 1.54) is 12.0 Å². The number of nitrogens with one attached hydrogen (secondary N) is 3. The Labute approximate surface area is 291 Å². The van der Waals surface area contributed by atoms with Crippen molar-refractivity contribution in [3.63, 3.8) is 0 Å². The van der Waals surface area contributed by atoms with Gasteiger partial charge in [-0.25, -0.2) is 18.1 Å². The van der Waals surface area contributed by atoms with Crippen molar-refractivity contribution in [2.75, 3.05) is 33.0 Å². The fourth-order valence-electron chi connectivity index (χ4n) is 6.38. The van der Waals surface area contributed by atoms with E-state index in [0.29, 0.717) is 34.2 Å². The maximum Gasteiger partial charge on any atom is 0.266 e. The van der Waals surface area contributed by atoms with Gasteiger partial charge in [-0.05, 0) is 80.9 Å². The van der Waals surface area contributed by atoms with Crippen molar-refractivity contribution in [3.05, 3.63) is 58.9 Å². The van der Waals surface area contributed by atoms with Gasteiger partial charge in [0.15, 0.2) is 5.58 Å². The van der Waals surface area contributed by atoms with Crippen molar-refractivity contribution in [1.82, 2.24) is 25.2 Å². The van der Waals surface area contributed by atoms with Crippen molar-refractivity contribution in [2.24, 2.45) is 5.92 Å².